The number of hydrogen-bond acceptors (Lipinski definition) is 4. The summed E-state index contributed by atoms with van der Waals surface area (Å²) in [5, 5.41) is 3.38. The summed E-state index contributed by atoms with van der Waals surface area (Å²) in [4.78, 5) is 20.8. The van der Waals surface area contributed by atoms with Crippen molar-refractivity contribution in [1.29, 1.82) is 0 Å². The summed E-state index contributed by atoms with van der Waals surface area (Å²) in [5.41, 5.74) is 3.46. The van der Waals surface area contributed by atoms with Gasteiger partial charge >= 0.3 is 0 Å². The average Bonchev–Trinajstić information content (AvgIpc) is 3.23. The number of Topliss-reactive ketones (excluding diaryl/α,β-unsaturated/α-hetero) is 1. The SMILES string of the molecule is O=C(c1nc2ccccc2[nH]1)[C@@H]1OC2(CCNCC2)c2ccccc21. The van der Waals surface area contributed by atoms with E-state index in [-0.39, 0.29) is 11.4 Å². The Kier molecular flexibility index (Phi) is 3.26. The second-order valence-electron chi connectivity index (χ2n) is 6.80. The lowest BCUT2D eigenvalue weighted by molar-refractivity contribution is -0.0808. The maximum atomic E-state index is 13.2. The number of aromatic amines is 1. The number of ether oxygens (including phenoxy) is 1. The monoisotopic (exact) mass is 333 g/mol. The van der Waals surface area contributed by atoms with Gasteiger partial charge in [-0.25, -0.2) is 4.98 Å². The molecule has 1 fully saturated rings. The Hall–Kier alpha value is -2.50. The van der Waals surface area contributed by atoms with E-state index in [1.165, 1.54) is 0 Å². The zero-order chi connectivity index (χ0) is 16.9. The molecule has 0 amide bonds. The van der Waals surface area contributed by atoms with E-state index in [0.29, 0.717) is 5.82 Å². The average molecular weight is 333 g/mol. The number of para-hydroxylation sites is 2. The molecule has 5 heteroatoms. The number of nitrogens with one attached hydrogen (secondary N) is 2. The van der Waals surface area contributed by atoms with Crippen LogP contribution >= 0.6 is 0 Å². The van der Waals surface area contributed by atoms with Gasteiger partial charge < -0.3 is 15.0 Å². The molecule has 0 bridgehead atoms. The van der Waals surface area contributed by atoms with E-state index in [1.807, 2.05) is 42.5 Å². The van der Waals surface area contributed by atoms with Gasteiger partial charge in [0.05, 0.1) is 16.6 Å². The highest BCUT2D eigenvalue weighted by Gasteiger charge is 2.48. The first-order valence-corrected chi connectivity index (χ1v) is 8.74. The van der Waals surface area contributed by atoms with Crippen molar-refractivity contribution in [3.05, 3.63) is 65.5 Å². The van der Waals surface area contributed by atoms with Crippen molar-refractivity contribution >= 4 is 16.8 Å². The Labute approximate surface area is 145 Å². The van der Waals surface area contributed by atoms with Crippen LogP contribution in [-0.4, -0.2) is 28.8 Å². The van der Waals surface area contributed by atoms with Gasteiger partial charge in [-0.05, 0) is 49.2 Å². The Morgan fingerprint density at radius 2 is 1.84 bits per heavy atom. The molecule has 1 saturated heterocycles. The molecule has 1 spiro atoms. The zero-order valence-electron chi connectivity index (χ0n) is 13.8. The molecule has 5 nitrogen and oxygen atoms in total. The van der Waals surface area contributed by atoms with Crippen molar-refractivity contribution in [2.24, 2.45) is 0 Å². The van der Waals surface area contributed by atoms with Crippen LogP contribution in [0.15, 0.2) is 48.5 Å². The minimum absolute atomic E-state index is 0.0981. The van der Waals surface area contributed by atoms with Crippen LogP contribution in [0.3, 0.4) is 0 Å². The van der Waals surface area contributed by atoms with Crippen LogP contribution in [0.2, 0.25) is 0 Å². The number of benzene rings is 2. The summed E-state index contributed by atoms with van der Waals surface area (Å²) in [5.74, 6) is 0.269. The molecule has 2 aliphatic rings. The molecule has 3 heterocycles. The fraction of sp³-hybridized carbons (Fsp3) is 0.300. The summed E-state index contributed by atoms with van der Waals surface area (Å²) >= 11 is 0. The lowest BCUT2D eigenvalue weighted by Crippen LogP contribution is -2.40. The van der Waals surface area contributed by atoms with Gasteiger partial charge in [0.15, 0.2) is 11.9 Å². The van der Waals surface area contributed by atoms with Gasteiger partial charge in [-0.1, -0.05) is 36.4 Å². The van der Waals surface area contributed by atoms with Crippen LogP contribution in [0, 0.1) is 0 Å². The number of ketones is 1. The lowest BCUT2D eigenvalue weighted by Gasteiger charge is -2.34. The number of nitrogens with zero attached hydrogens (tertiary/aromatic N) is 1. The predicted molar refractivity (Wildman–Crippen MR) is 94.5 cm³/mol. The van der Waals surface area contributed by atoms with E-state index in [9.17, 15) is 4.79 Å². The van der Waals surface area contributed by atoms with Crippen LogP contribution in [0.4, 0.5) is 0 Å². The van der Waals surface area contributed by atoms with Crippen molar-refractivity contribution < 1.29 is 9.53 Å². The van der Waals surface area contributed by atoms with Crippen LogP contribution in [0.1, 0.15) is 40.7 Å². The molecule has 0 saturated carbocycles. The van der Waals surface area contributed by atoms with Crippen molar-refractivity contribution in [2.45, 2.75) is 24.5 Å². The molecule has 1 aromatic heterocycles. The number of rotatable bonds is 2. The van der Waals surface area contributed by atoms with Crippen LogP contribution in [0.5, 0.6) is 0 Å². The third kappa shape index (κ3) is 2.23. The van der Waals surface area contributed by atoms with Crippen LogP contribution in [-0.2, 0) is 10.3 Å². The molecule has 2 aliphatic heterocycles. The lowest BCUT2D eigenvalue weighted by atomic mass is 9.84. The van der Waals surface area contributed by atoms with Crippen molar-refractivity contribution in [3.63, 3.8) is 0 Å². The quantitative estimate of drug-likeness (QED) is 0.707. The maximum Gasteiger partial charge on any atom is 0.231 e. The normalized spacial score (nSPS) is 21.5. The minimum Gasteiger partial charge on any atom is -0.354 e. The van der Waals surface area contributed by atoms with Gasteiger partial charge in [-0.15, -0.1) is 0 Å². The molecule has 0 unspecified atom stereocenters. The number of aromatic nitrogens is 2. The maximum absolute atomic E-state index is 13.2. The molecule has 126 valence electrons. The second-order valence-corrected chi connectivity index (χ2v) is 6.80. The van der Waals surface area contributed by atoms with Gasteiger partial charge in [0, 0.05) is 0 Å². The number of carbonyl (C=O) groups excluding carboxylic acids is 1. The Morgan fingerprint density at radius 3 is 2.68 bits per heavy atom. The molecule has 2 aromatic carbocycles. The first-order chi connectivity index (χ1) is 12.3. The predicted octanol–water partition coefficient (Wildman–Crippen LogP) is 3.10. The molecule has 1 atom stereocenters. The van der Waals surface area contributed by atoms with E-state index < -0.39 is 6.10 Å². The van der Waals surface area contributed by atoms with E-state index in [2.05, 4.69) is 21.4 Å². The van der Waals surface area contributed by atoms with Gasteiger partial charge in [0.25, 0.3) is 0 Å². The van der Waals surface area contributed by atoms with E-state index in [1.54, 1.807) is 0 Å². The smallest absolute Gasteiger partial charge is 0.231 e. The first-order valence-electron chi connectivity index (χ1n) is 8.74. The molecule has 5 rings (SSSR count). The Bertz CT molecular complexity index is 923. The summed E-state index contributed by atoms with van der Waals surface area (Å²) in [7, 11) is 0. The second kappa shape index (κ2) is 5.51. The molecular formula is C20H19N3O2. The third-order valence-corrected chi connectivity index (χ3v) is 5.35. The summed E-state index contributed by atoms with van der Waals surface area (Å²) in [6, 6.07) is 15.8. The molecule has 25 heavy (non-hydrogen) atoms. The first kappa shape index (κ1) is 14.8. The Morgan fingerprint density at radius 1 is 1.08 bits per heavy atom. The van der Waals surface area contributed by atoms with E-state index in [0.717, 1.165) is 48.1 Å². The van der Waals surface area contributed by atoms with E-state index in [4.69, 9.17) is 4.74 Å². The highest BCUT2D eigenvalue weighted by atomic mass is 16.5. The third-order valence-electron chi connectivity index (χ3n) is 5.35. The molecule has 0 aliphatic carbocycles. The van der Waals surface area contributed by atoms with Gasteiger partial charge in [0.2, 0.25) is 5.78 Å². The van der Waals surface area contributed by atoms with Gasteiger partial charge in [-0.2, -0.15) is 0 Å². The van der Waals surface area contributed by atoms with Crippen LogP contribution in [0.25, 0.3) is 11.0 Å². The van der Waals surface area contributed by atoms with Gasteiger partial charge in [-0.3, -0.25) is 4.79 Å². The largest absolute Gasteiger partial charge is 0.354 e. The number of fused-ring (bicyclic) bond motifs is 3. The fourth-order valence-electron chi connectivity index (χ4n) is 4.10. The Balaban J connectivity index is 1.56. The topological polar surface area (TPSA) is 67.0 Å². The molecule has 0 radical (unpaired) electrons. The van der Waals surface area contributed by atoms with Crippen LogP contribution < -0.4 is 5.32 Å². The standard InChI is InChI=1S/C20H19N3O2/c24-17(19-22-15-7-3-4-8-16(15)23-19)18-13-5-1-2-6-14(13)20(25-18)9-11-21-12-10-20/h1-8,18,21H,9-12H2,(H,22,23)/t18-/m1/s1. The molecule has 2 N–H and O–H groups in total. The number of carbonyl (C=O) groups is 1. The van der Waals surface area contributed by atoms with E-state index >= 15 is 0 Å². The summed E-state index contributed by atoms with van der Waals surface area (Å²) < 4.78 is 6.42. The number of hydrogen-bond donors (Lipinski definition) is 2. The number of piperidine rings is 1. The molecular weight excluding hydrogens is 314 g/mol. The van der Waals surface area contributed by atoms with Crippen molar-refractivity contribution in [1.82, 2.24) is 15.3 Å². The van der Waals surface area contributed by atoms with Gasteiger partial charge in [0.1, 0.15) is 0 Å². The fourth-order valence-corrected chi connectivity index (χ4v) is 4.10. The summed E-state index contributed by atoms with van der Waals surface area (Å²) in [6.07, 6.45) is 1.18. The van der Waals surface area contributed by atoms with Crippen molar-refractivity contribution in [2.75, 3.05) is 13.1 Å². The summed E-state index contributed by atoms with van der Waals surface area (Å²) in [6.45, 7) is 1.81. The number of imidazole rings is 1. The van der Waals surface area contributed by atoms with Crippen molar-refractivity contribution in [3.8, 4) is 0 Å². The highest BCUT2D eigenvalue weighted by Crippen LogP contribution is 2.49. The molecule has 3 aromatic rings. The highest BCUT2D eigenvalue weighted by molar-refractivity contribution is 6.00. The minimum atomic E-state index is -0.588. The number of H-pyrrole nitrogens is 1. The zero-order valence-corrected chi connectivity index (χ0v) is 13.8.